The third-order valence-electron chi connectivity index (χ3n) is 4.56. The number of amides is 1. The Morgan fingerprint density at radius 3 is 2.46 bits per heavy atom. The van der Waals surface area contributed by atoms with Gasteiger partial charge >= 0.3 is 0 Å². The average Bonchev–Trinajstić information content (AvgIpc) is 2.67. The van der Waals surface area contributed by atoms with Crippen LogP contribution in [0, 0.1) is 17.0 Å². The highest BCUT2D eigenvalue weighted by Crippen LogP contribution is 2.33. The van der Waals surface area contributed by atoms with Gasteiger partial charge in [-0.2, -0.15) is 0 Å². The maximum absolute atomic E-state index is 12.6. The van der Waals surface area contributed by atoms with Crippen LogP contribution in [0.5, 0.6) is 0 Å². The molecular formula is C20H22N2O3S. The van der Waals surface area contributed by atoms with Gasteiger partial charge in [0.25, 0.3) is 11.6 Å². The number of rotatable bonds is 5. The second-order valence-electron chi connectivity index (χ2n) is 6.57. The highest BCUT2D eigenvalue weighted by Gasteiger charge is 2.22. The van der Waals surface area contributed by atoms with E-state index in [1.807, 2.05) is 31.2 Å². The standard InChI is InChI=1S/C20H22N2O3S/c1-15-5-7-16(8-6-15)14-26-19-10-9-17(13-18(19)22(24)25)20(23)21-11-3-2-4-12-21/h5-10,13H,2-4,11-12,14H2,1H3. The first-order valence-electron chi connectivity index (χ1n) is 8.80. The quantitative estimate of drug-likeness (QED) is 0.430. The van der Waals surface area contributed by atoms with Crippen LogP contribution in [-0.4, -0.2) is 28.8 Å². The van der Waals surface area contributed by atoms with Gasteiger partial charge in [0.15, 0.2) is 0 Å². The minimum absolute atomic E-state index is 0.00460. The molecule has 0 radical (unpaired) electrons. The Morgan fingerprint density at radius 1 is 1.12 bits per heavy atom. The third-order valence-corrected chi connectivity index (χ3v) is 5.69. The summed E-state index contributed by atoms with van der Waals surface area (Å²) < 4.78 is 0. The fourth-order valence-electron chi connectivity index (χ4n) is 3.04. The largest absolute Gasteiger partial charge is 0.339 e. The van der Waals surface area contributed by atoms with Gasteiger partial charge in [-0.3, -0.25) is 14.9 Å². The van der Waals surface area contributed by atoms with Crippen LogP contribution in [0.15, 0.2) is 47.4 Å². The molecule has 1 aliphatic heterocycles. The minimum atomic E-state index is -0.398. The van der Waals surface area contributed by atoms with Crippen LogP contribution in [0.3, 0.4) is 0 Å². The molecule has 2 aromatic carbocycles. The molecule has 0 unspecified atom stereocenters. The molecule has 0 spiro atoms. The maximum atomic E-state index is 12.6. The molecule has 0 atom stereocenters. The highest BCUT2D eigenvalue weighted by atomic mass is 32.2. The summed E-state index contributed by atoms with van der Waals surface area (Å²) in [7, 11) is 0. The van der Waals surface area contributed by atoms with Crippen LogP contribution in [0.25, 0.3) is 0 Å². The molecule has 1 amide bonds. The third kappa shape index (κ3) is 4.43. The lowest BCUT2D eigenvalue weighted by atomic mass is 10.1. The van der Waals surface area contributed by atoms with Crippen molar-refractivity contribution in [2.45, 2.75) is 36.8 Å². The Balaban J connectivity index is 1.76. The molecule has 0 N–H and O–H groups in total. The summed E-state index contributed by atoms with van der Waals surface area (Å²) in [6.45, 7) is 3.49. The fraction of sp³-hybridized carbons (Fsp3) is 0.350. The van der Waals surface area contributed by atoms with Gasteiger partial charge in [0.2, 0.25) is 0 Å². The minimum Gasteiger partial charge on any atom is -0.339 e. The van der Waals surface area contributed by atoms with Crippen molar-refractivity contribution < 1.29 is 9.72 Å². The predicted octanol–water partition coefficient (Wildman–Crippen LogP) is 4.82. The normalized spacial score (nSPS) is 14.3. The number of hydrogen-bond donors (Lipinski definition) is 0. The van der Waals surface area contributed by atoms with Crippen molar-refractivity contribution in [3.8, 4) is 0 Å². The van der Waals surface area contributed by atoms with E-state index in [1.165, 1.54) is 23.4 Å². The van der Waals surface area contributed by atoms with Crippen LogP contribution in [0.2, 0.25) is 0 Å². The van der Waals surface area contributed by atoms with Crippen LogP contribution < -0.4 is 0 Å². The Labute approximate surface area is 157 Å². The number of nitro benzene ring substituents is 1. The number of aryl methyl sites for hydroxylation is 1. The molecule has 6 heteroatoms. The summed E-state index contributed by atoms with van der Waals surface area (Å²) >= 11 is 1.42. The molecule has 2 aromatic rings. The Morgan fingerprint density at radius 2 is 1.81 bits per heavy atom. The van der Waals surface area contributed by atoms with Gasteiger partial charge in [0.05, 0.1) is 9.82 Å². The zero-order valence-corrected chi connectivity index (χ0v) is 15.6. The van der Waals surface area contributed by atoms with E-state index in [4.69, 9.17) is 0 Å². The number of piperidine rings is 1. The Kier molecular flexibility index (Phi) is 5.93. The molecule has 0 saturated carbocycles. The first-order valence-corrected chi connectivity index (χ1v) is 9.79. The van der Waals surface area contributed by atoms with Gasteiger partial charge < -0.3 is 4.90 Å². The lowest BCUT2D eigenvalue weighted by molar-refractivity contribution is -0.387. The van der Waals surface area contributed by atoms with Crippen molar-refractivity contribution in [2.75, 3.05) is 13.1 Å². The van der Waals surface area contributed by atoms with Crippen LogP contribution in [0.4, 0.5) is 5.69 Å². The number of nitrogens with zero attached hydrogens (tertiary/aromatic N) is 2. The van der Waals surface area contributed by atoms with Crippen molar-refractivity contribution in [1.82, 2.24) is 4.90 Å². The number of benzene rings is 2. The van der Waals surface area contributed by atoms with Gasteiger partial charge in [0.1, 0.15) is 0 Å². The van der Waals surface area contributed by atoms with Crippen molar-refractivity contribution in [2.24, 2.45) is 0 Å². The number of likely N-dealkylation sites (tertiary alicyclic amines) is 1. The van der Waals surface area contributed by atoms with E-state index in [2.05, 4.69) is 0 Å². The predicted molar refractivity (Wildman–Crippen MR) is 104 cm³/mol. The fourth-order valence-corrected chi connectivity index (χ4v) is 4.00. The summed E-state index contributed by atoms with van der Waals surface area (Å²) in [5.74, 6) is 0.545. The summed E-state index contributed by atoms with van der Waals surface area (Å²) in [6.07, 6.45) is 3.13. The molecule has 0 aliphatic carbocycles. The van der Waals surface area contributed by atoms with Gasteiger partial charge in [-0.1, -0.05) is 29.8 Å². The summed E-state index contributed by atoms with van der Waals surface area (Å²) in [5, 5.41) is 11.5. The van der Waals surface area contributed by atoms with E-state index in [0.29, 0.717) is 16.2 Å². The Bertz CT molecular complexity index is 799. The molecule has 1 saturated heterocycles. The van der Waals surface area contributed by atoms with Crippen molar-refractivity contribution in [3.63, 3.8) is 0 Å². The second-order valence-corrected chi connectivity index (χ2v) is 7.58. The van der Waals surface area contributed by atoms with Crippen molar-refractivity contribution in [3.05, 3.63) is 69.3 Å². The zero-order chi connectivity index (χ0) is 18.5. The first-order chi connectivity index (χ1) is 12.5. The molecule has 5 nitrogen and oxygen atoms in total. The molecular weight excluding hydrogens is 348 g/mol. The molecule has 26 heavy (non-hydrogen) atoms. The molecule has 0 bridgehead atoms. The van der Waals surface area contributed by atoms with Crippen molar-refractivity contribution >= 4 is 23.4 Å². The van der Waals surface area contributed by atoms with E-state index in [0.717, 1.165) is 37.9 Å². The van der Waals surface area contributed by atoms with E-state index < -0.39 is 4.92 Å². The first kappa shape index (κ1) is 18.5. The van der Waals surface area contributed by atoms with Crippen LogP contribution >= 0.6 is 11.8 Å². The smallest absolute Gasteiger partial charge is 0.283 e. The molecule has 0 aromatic heterocycles. The lowest BCUT2D eigenvalue weighted by Gasteiger charge is -2.26. The SMILES string of the molecule is Cc1ccc(CSc2ccc(C(=O)N3CCCCC3)cc2[N+](=O)[O-])cc1. The molecule has 1 aliphatic rings. The summed E-state index contributed by atoms with van der Waals surface area (Å²) in [4.78, 5) is 26.1. The van der Waals surface area contributed by atoms with E-state index in [1.54, 1.807) is 17.0 Å². The van der Waals surface area contributed by atoms with Crippen LogP contribution in [0.1, 0.15) is 40.7 Å². The zero-order valence-electron chi connectivity index (χ0n) is 14.8. The monoisotopic (exact) mass is 370 g/mol. The summed E-state index contributed by atoms with van der Waals surface area (Å²) in [5.41, 5.74) is 2.71. The van der Waals surface area contributed by atoms with Crippen LogP contribution in [-0.2, 0) is 5.75 Å². The molecule has 1 fully saturated rings. The number of thioether (sulfide) groups is 1. The molecule has 136 valence electrons. The number of carbonyl (C=O) groups is 1. The lowest BCUT2D eigenvalue weighted by Crippen LogP contribution is -2.35. The van der Waals surface area contributed by atoms with Gasteiger partial charge in [-0.15, -0.1) is 11.8 Å². The maximum Gasteiger partial charge on any atom is 0.283 e. The van der Waals surface area contributed by atoms with Gasteiger partial charge in [-0.05, 0) is 43.9 Å². The van der Waals surface area contributed by atoms with Gasteiger partial charge in [0, 0.05) is 30.5 Å². The van der Waals surface area contributed by atoms with E-state index >= 15 is 0 Å². The Hall–Kier alpha value is -2.34. The number of carbonyl (C=O) groups excluding carboxylic acids is 1. The molecule has 3 rings (SSSR count). The second kappa shape index (κ2) is 8.36. The van der Waals surface area contributed by atoms with E-state index in [9.17, 15) is 14.9 Å². The van der Waals surface area contributed by atoms with Gasteiger partial charge in [-0.25, -0.2) is 0 Å². The number of hydrogen-bond acceptors (Lipinski definition) is 4. The number of nitro groups is 1. The highest BCUT2D eigenvalue weighted by molar-refractivity contribution is 7.98. The summed E-state index contributed by atoms with van der Waals surface area (Å²) in [6, 6.07) is 13.0. The van der Waals surface area contributed by atoms with E-state index in [-0.39, 0.29) is 11.6 Å². The topological polar surface area (TPSA) is 63.5 Å². The van der Waals surface area contributed by atoms with Crippen molar-refractivity contribution in [1.29, 1.82) is 0 Å². The average molecular weight is 370 g/mol. The molecule has 1 heterocycles.